The van der Waals surface area contributed by atoms with E-state index in [9.17, 15) is 0 Å². The van der Waals surface area contributed by atoms with Crippen LogP contribution in [-0.2, 0) is 10.8 Å². The molecule has 11 rings (SSSR count). The van der Waals surface area contributed by atoms with E-state index < -0.39 is 5.41 Å². The van der Waals surface area contributed by atoms with E-state index in [2.05, 4.69) is 184 Å². The first-order chi connectivity index (χ1) is 26.0. The van der Waals surface area contributed by atoms with Gasteiger partial charge in [-0.05, 0) is 68.8 Å². The molecule has 53 heavy (non-hydrogen) atoms. The SMILES string of the molecule is CC1(C)c2ccccc2C2(c3ccccc3-c3ccccc32)c2cc(-c3nc(-c4ccccc4)cc(-c4ccc5c(c4)sc4ccccc45)n3)ccc21. The minimum Gasteiger partial charge on any atom is -0.228 e. The summed E-state index contributed by atoms with van der Waals surface area (Å²) in [5.41, 5.74) is 15.0. The van der Waals surface area contributed by atoms with Gasteiger partial charge in [-0.2, -0.15) is 0 Å². The molecule has 0 unspecified atom stereocenters. The fourth-order valence-electron chi connectivity index (χ4n) is 9.37. The molecule has 3 heteroatoms. The number of fused-ring (bicyclic) bond motifs is 12. The molecule has 0 aliphatic heterocycles. The lowest BCUT2D eigenvalue weighted by Crippen LogP contribution is -2.40. The molecule has 2 heterocycles. The minimum absolute atomic E-state index is 0.209. The van der Waals surface area contributed by atoms with Gasteiger partial charge in [-0.1, -0.05) is 159 Å². The third-order valence-corrected chi connectivity index (χ3v) is 12.9. The molecule has 2 aromatic heterocycles. The van der Waals surface area contributed by atoms with Gasteiger partial charge in [0.2, 0.25) is 0 Å². The van der Waals surface area contributed by atoms with Crippen LogP contribution in [0.1, 0.15) is 47.2 Å². The van der Waals surface area contributed by atoms with Crippen molar-refractivity contribution in [1.82, 2.24) is 9.97 Å². The highest BCUT2D eigenvalue weighted by Gasteiger charge is 2.53. The van der Waals surface area contributed by atoms with E-state index >= 15 is 0 Å². The van der Waals surface area contributed by atoms with Crippen LogP contribution in [0.2, 0.25) is 0 Å². The molecule has 0 saturated heterocycles. The lowest BCUT2D eigenvalue weighted by molar-refractivity contribution is 0.563. The molecule has 0 saturated carbocycles. The van der Waals surface area contributed by atoms with Gasteiger partial charge in [0.05, 0.1) is 16.8 Å². The number of benzene rings is 7. The molecular formula is C50H34N2S. The number of nitrogens with zero attached hydrogens (tertiary/aromatic N) is 2. The summed E-state index contributed by atoms with van der Waals surface area (Å²) in [5.74, 6) is 0.729. The van der Waals surface area contributed by atoms with E-state index in [0.29, 0.717) is 0 Å². The topological polar surface area (TPSA) is 25.8 Å². The molecule has 0 fully saturated rings. The Kier molecular flexibility index (Phi) is 6.42. The molecule has 0 atom stereocenters. The summed E-state index contributed by atoms with van der Waals surface area (Å²) >= 11 is 1.84. The van der Waals surface area contributed by atoms with Gasteiger partial charge in [-0.15, -0.1) is 11.3 Å². The summed E-state index contributed by atoms with van der Waals surface area (Å²) < 4.78 is 2.57. The molecule has 250 valence electrons. The van der Waals surface area contributed by atoms with Gasteiger partial charge < -0.3 is 0 Å². The van der Waals surface area contributed by atoms with Crippen LogP contribution in [0.5, 0.6) is 0 Å². The zero-order valence-electron chi connectivity index (χ0n) is 29.5. The fraction of sp³-hybridized carbons (Fsp3) is 0.0800. The molecule has 1 spiro atoms. The average Bonchev–Trinajstić information content (AvgIpc) is 3.74. The summed E-state index contributed by atoms with van der Waals surface area (Å²) in [6.45, 7) is 4.75. The number of aromatic nitrogens is 2. The molecule has 0 amide bonds. The fourth-order valence-corrected chi connectivity index (χ4v) is 10.5. The van der Waals surface area contributed by atoms with E-state index in [-0.39, 0.29) is 5.41 Å². The second-order valence-corrected chi connectivity index (χ2v) is 16.0. The highest BCUT2D eigenvalue weighted by molar-refractivity contribution is 7.25. The summed E-state index contributed by atoms with van der Waals surface area (Å²) in [6.07, 6.45) is 0. The Morgan fingerprint density at radius 1 is 0.396 bits per heavy atom. The van der Waals surface area contributed by atoms with Crippen molar-refractivity contribution in [1.29, 1.82) is 0 Å². The first-order valence-corrected chi connectivity index (χ1v) is 19.1. The minimum atomic E-state index is -0.475. The Balaban J connectivity index is 1.18. The van der Waals surface area contributed by atoms with Crippen LogP contribution in [0.15, 0.2) is 170 Å². The zero-order valence-corrected chi connectivity index (χ0v) is 30.3. The number of hydrogen-bond donors (Lipinski definition) is 0. The molecular weight excluding hydrogens is 661 g/mol. The van der Waals surface area contributed by atoms with Crippen molar-refractivity contribution in [3.05, 3.63) is 203 Å². The smallest absolute Gasteiger partial charge is 0.160 e. The van der Waals surface area contributed by atoms with Gasteiger partial charge in [0.1, 0.15) is 0 Å². The highest BCUT2D eigenvalue weighted by Crippen LogP contribution is 2.62. The molecule has 0 N–H and O–H groups in total. The predicted molar refractivity (Wildman–Crippen MR) is 221 cm³/mol. The van der Waals surface area contributed by atoms with Crippen LogP contribution in [0.3, 0.4) is 0 Å². The number of thiophene rings is 1. The predicted octanol–water partition coefficient (Wildman–Crippen LogP) is 12.8. The molecule has 0 radical (unpaired) electrons. The first-order valence-electron chi connectivity index (χ1n) is 18.3. The molecule has 2 aliphatic carbocycles. The Bertz CT molecular complexity index is 2890. The van der Waals surface area contributed by atoms with Crippen molar-refractivity contribution in [2.24, 2.45) is 0 Å². The Morgan fingerprint density at radius 3 is 1.72 bits per heavy atom. The van der Waals surface area contributed by atoms with Crippen LogP contribution in [0.4, 0.5) is 0 Å². The van der Waals surface area contributed by atoms with Crippen molar-refractivity contribution in [3.63, 3.8) is 0 Å². The Hall–Kier alpha value is -6.16. The van der Waals surface area contributed by atoms with Crippen molar-refractivity contribution < 1.29 is 0 Å². The highest BCUT2D eigenvalue weighted by atomic mass is 32.1. The molecule has 2 aliphatic rings. The van der Waals surface area contributed by atoms with Gasteiger partial charge in [0, 0.05) is 42.3 Å². The lowest BCUT2D eigenvalue weighted by atomic mass is 9.55. The third-order valence-electron chi connectivity index (χ3n) is 11.8. The lowest BCUT2D eigenvalue weighted by Gasteiger charge is -2.46. The van der Waals surface area contributed by atoms with Gasteiger partial charge in [0.25, 0.3) is 0 Å². The van der Waals surface area contributed by atoms with Crippen molar-refractivity contribution in [3.8, 4) is 45.0 Å². The van der Waals surface area contributed by atoms with E-state index in [1.54, 1.807) is 0 Å². The maximum Gasteiger partial charge on any atom is 0.160 e. The quantitative estimate of drug-likeness (QED) is 0.184. The molecule has 2 nitrogen and oxygen atoms in total. The van der Waals surface area contributed by atoms with E-state index in [1.807, 2.05) is 11.3 Å². The molecule has 0 bridgehead atoms. The zero-order chi connectivity index (χ0) is 35.3. The second-order valence-electron chi connectivity index (χ2n) is 14.9. The number of rotatable bonds is 3. The first kappa shape index (κ1) is 30.5. The van der Waals surface area contributed by atoms with Gasteiger partial charge in [-0.3, -0.25) is 0 Å². The van der Waals surface area contributed by atoms with Crippen molar-refractivity contribution >= 4 is 31.5 Å². The summed E-state index contributed by atoms with van der Waals surface area (Å²) in [5, 5.41) is 2.59. The van der Waals surface area contributed by atoms with Crippen LogP contribution in [-0.4, -0.2) is 9.97 Å². The van der Waals surface area contributed by atoms with E-state index in [0.717, 1.165) is 33.9 Å². The molecule has 7 aromatic carbocycles. The van der Waals surface area contributed by atoms with Crippen molar-refractivity contribution in [2.75, 3.05) is 0 Å². The Labute approximate surface area is 313 Å². The summed E-state index contributed by atoms with van der Waals surface area (Å²) in [4.78, 5) is 10.7. The number of hydrogen-bond acceptors (Lipinski definition) is 3. The van der Waals surface area contributed by atoms with E-state index in [1.165, 1.54) is 64.7 Å². The summed E-state index contributed by atoms with van der Waals surface area (Å²) in [6, 6.07) is 62.2. The monoisotopic (exact) mass is 694 g/mol. The Morgan fingerprint density at radius 2 is 0.962 bits per heavy atom. The van der Waals surface area contributed by atoms with Crippen LogP contribution in [0, 0.1) is 0 Å². The van der Waals surface area contributed by atoms with Gasteiger partial charge in [0.15, 0.2) is 5.82 Å². The van der Waals surface area contributed by atoms with Gasteiger partial charge >= 0.3 is 0 Å². The average molecular weight is 695 g/mol. The van der Waals surface area contributed by atoms with Crippen LogP contribution < -0.4 is 0 Å². The second kappa shape index (κ2) is 11.2. The molecule has 9 aromatic rings. The van der Waals surface area contributed by atoms with Crippen LogP contribution in [0.25, 0.3) is 65.2 Å². The standard InChI is InChI=1S/C50H34N2S/c1-49(2)40-21-11-12-22-42(40)50(38-19-9-6-16-34(38)35-17-7-10-20-39(35)50)43-28-33(25-27-41(43)49)48-51-44(31-14-4-3-5-15-31)30-45(52-48)32-24-26-37-36-18-8-13-23-46(36)53-47(37)29-32/h3-30H,1-2H3. The maximum atomic E-state index is 5.39. The maximum absolute atomic E-state index is 5.39. The van der Waals surface area contributed by atoms with Crippen LogP contribution >= 0.6 is 11.3 Å². The largest absolute Gasteiger partial charge is 0.228 e. The summed E-state index contributed by atoms with van der Waals surface area (Å²) in [7, 11) is 0. The van der Waals surface area contributed by atoms with Crippen molar-refractivity contribution in [2.45, 2.75) is 24.7 Å². The van der Waals surface area contributed by atoms with E-state index in [4.69, 9.17) is 9.97 Å². The third kappa shape index (κ3) is 4.26. The van der Waals surface area contributed by atoms with Gasteiger partial charge in [-0.25, -0.2) is 9.97 Å². The normalized spacial score (nSPS) is 14.5.